The summed E-state index contributed by atoms with van der Waals surface area (Å²) >= 11 is 2.96. The van der Waals surface area contributed by atoms with E-state index in [1.54, 1.807) is 23.7 Å². The lowest BCUT2D eigenvalue weighted by Crippen LogP contribution is -2.18. The number of hydrogen-bond acceptors (Lipinski definition) is 4. The first-order valence-electron chi connectivity index (χ1n) is 5.07. The van der Waals surface area contributed by atoms with Gasteiger partial charge in [0.15, 0.2) is 0 Å². The van der Waals surface area contributed by atoms with Gasteiger partial charge in [-0.2, -0.15) is 0 Å². The molecular weight excluding hydrogens is 254 g/mol. The van der Waals surface area contributed by atoms with Crippen LogP contribution in [0.1, 0.15) is 5.56 Å². The van der Waals surface area contributed by atoms with Crippen LogP contribution in [0.4, 0.5) is 0 Å². The molecular formula is C12H11NO2S2. The van der Waals surface area contributed by atoms with Crippen molar-refractivity contribution in [3.63, 3.8) is 0 Å². The summed E-state index contributed by atoms with van der Waals surface area (Å²) in [6, 6.07) is 7.58. The number of aromatic nitrogens is 1. The van der Waals surface area contributed by atoms with E-state index in [0.29, 0.717) is 6.42 Å². The second kappa shape index (κ2) is 5.84. The summed E-state index contributed by atoms with van der Waals surface area (Å²) in [7, 11) is 0. The molecule has 88 valence electrons. The zero-order valence-electron chi connectivity index (χ0n) is 8.95. The van der Waals surface area contributed by atoms with Crippen molar-refractivity contribution in [2.24, 2.45) is 0 Å². The van der Waals surface area contributed by atoms with Crippen LogP contribution in [0, 0.1) is 0 Å². The summed E-state index contributed by atoms with van der Waals surface area (Å²) < 4.78 is 1.03. The molecule has 0 saturated carbocycles. The highest BCUT2D eigenvalue weighted by Crippen LogP contribution is 2.29. The first kappa shape index (κ1) is 12.1. The van der Waals surface area contributed by atoms with Crippen LogP contribution < -0.4 is 0 Å². The van der Waals surface area contributed by atoms with Gasteiger partial charge in [0.1, 0.15) is 5.25 Å². The fourth-order valence-electron chi connectivity index (χ4n) is 1.38. The van der Waals surface area contributed by atoms with E-state index in [-0.39, 0.29) is 0 Å². The van der Waals surface area contributed by atoms with Gasteiger partial charge in [0.25, 0.3) is 0 Å². The Morgan fingerprint density at radius 3 is 2.76 bits per heavy atom. The molecule has 17 heavy (non-hydrogen) atoms. The van der Waals surface area contributed by atoms with Crippen molar-refractivity contribution >= 4 is 29.1 Å². The van der Waals surface area contributed by atoms with Crippen LogP contribution in [0.5, 0.6) is 0 Å². The van der Waals surface area contributed by atoms with E-state index in [2.05, 4.69) is 4.98 Å². The first-order chi connectivity index (χ1) is 8.25. The number of nitrogens with zero attached hydrogens (tertiary/aromatic N) is 1. The third-order valence-corrected chi connectivity index (χ3v) is 4.46. The van der Waals surface area contributed by atoms with E-state index >= 15 is 0 Å². The molecule has 2 rings (SSSR count). The largest absolute Gasteiger partial charge is 0.480 e. The molecule has 0 bridgehead atoms. The lowest BCUT2D eigenvalue weighted by Gasteiger charge is -2.10. The van der Waals surface area contributed by atoms with Crippen molar-refractivity contribution < 1.29 is 9.90 Å². The highest BCUT2D eigenvalue weighted by molar-refractivity contribution is 8.02. The molecule has 0 aliphatic heterocycles. The molecule has 0 fully saturated rings. The van der Waals surface area contributed by atoms with E-state index < -0.39 is 11.2 Å². The molecule has 0 aliphatic carbocycles. The summed E-state index contributed by atoms with van der Waals surface area (Å²) in [6.45, 7) is 0. The van der Waals surface area contributed by atoms with Crippen molar-refractivity contribution in [1.29, 1.82) is 0 Å². The predicted octanol–water partition coefficient (Wildman–Crippen LogP) is 2.93. The minimum atomic E-state index is -0.778. The van der Waals surface area contributed by atoms with E-state index in [4.69, 9.17) is 0 Å². The smallest absolute Gasteiger partial charge is 0.317 e. The van der Waals surface area contributed by atoms with Crippen molar-refractivity contribution in [2.75, 3.05) is 0 Å². The summed E-state index contributed by atoms with van der Waals surface area (Å²) in [6.07, 6.45) is 3.88. The maximum atomic E-state index is 11.2. The summed E-state index contributed by atoms with van der Waals surface area (Å²) in [4.78, 5) is 15.1. The summed E-state index contributed by atoms with van der Waals surface area (Å²) in [5.41, 5.74) is 0.997. The lowest BCUT2D eigenvalue weighted by atomic mass is 10.1. The van der Waals surface area contributed by atoms with Crippen LogP contribution in [-0.4, -0.2) is 21.3 Å². The number of carboxylic acids is 1. The molecule has 3 nitrogen and oxygen atoms in total. The third-order valence-electron chi connectivity index (χ3n) is 2.20. The Balaban J connectivity index is 2.06. The highest BCUT2D eigenvalue weighted by atomic mass is 32.2. The normalized spacial score (nSPS) is 12.2. The second-order valence-corrected chi connectivity index (χ2v) is 5.89. The minimum Gasteiger partial charge on any atom is -0.480 e. The number of carboxylic acid groups (broad SMARTS) is 1. The number of carbonyl (C=O) groups is 1. The van der Waals surface area contributed by atoms with Crippen LogP contribution in [0.15, 0.2) is 46.2 Å². The van der Waals surface area contributed by atoms with Gasteiger partial charge < -0.3 is 5.11 Å². The topological polar surface area (TPSA) is 50.2 Å². The zero-order valence-corrected chi connectivity index (χ0v) is 10.6. The average molecular weight is 265 g/mol. The van der Waals surface area contributed by atoms with Crippen molar-refractivity contribution in [1.82, 2.24) is 4.98 Å². The molecule has 2 aromatic heterocycles. The molecule has 0 aromatic carbocycles. The summed E-state index contributed by atoms with van der Waals surface area (Å²) in [5, 5.41) is 10.7. The van der Waals surface area contributed by atoms with E-state index in [1.807, 2.05) is 29.6 Å². The zero-order chi connectivity index (χ0) is 12.1. The van der Waals surface area contributed by atoms with E-state index in [0.717, 1.165) is 9.77 Å². The first-order valence-corrected chi connectivity index (χ1v) is 6.83. The SMILES string of the molecule is O=C(O)C(Cc1ccncc1)Sc1cccs1. The number of thiophene rings is 1. The quantitative estimate of drug-likeness (QED) is 0.844. The molecule has 2 aromatic rings. The minimum absolute atomic E-state index is 0.448. The number of hydrogen-bond donors (Lipinski definition) is 1. The Bertz CT molecular complexity index is 471. The Morgan fingerprint density at radius 1 is 1.41 bits per heavy atom. The molecule has 2 heterocycles. The molecule has 0 saturated heterocycles. The highest BCUT2D eigenvalue weighted by Gasteiger charge is 2.19. The molecule has 1 N–H and O–H groups in total. The monoisotopic (exact) mass is 265 g/mol. The Labute approximate surface area is 108 Å². The van der Waals surface area contributed by atoms with Crippen molar-refractivity contribution in [3.8, 4) is 0 Å². The molecule has 0 spiro atoms. The maximum absolute atomic E-state index is 11.2. The van der Waals surface area contributed by atoms with Crippen LogP contribution in [0.3, 0.4) is 0 Å². The summed E-state index contributed by atoms with van der Waals surface area (Å²) in [5.74, 6) is -0.778. The second-order valence-electron chi connectivity index (χ2n) is 3.44. The van der Waals surface area contributed by atoms with Gasteiger partial charge in [-0.05, 0) is 35.6 Å². The maximum Gasteiger partial charge on any atom is 0.317 e. The van der Waals surface area contributed by atoms with Gasteiger partial charge in [-0.25, -0.2) is 0 Å². The van der Waals surface area contributed by atoms with Crippen LogP contribution in [0.25, 0.3) is 0 Å². The van der Waals surface area contributed by atoms with Gasteiger partial charge in [0.05, 0.1) is 4.21 Å². The fraction of sp³-hybridized carbons (Fsp3) is 0.167. The predicted molar refractivity (Wildman–Crippen MR) is 69.5 cm³/mol. The Morgan fingerprint density at radius 2 is 2.18 bits per heavy atom. The van der Waals surface area contributed by atoms with Crippen LogP contribution in [-0.2, 0) is 11.2 Å². The molecule has 0 amide bonds. The van der Waals surface area contributed by atoms with Crippen LogP contribution >= 0.6 is 23.1 Å². The van der Waals surface area contributed by atoms with Crippen LogP contribution in [0.2, 0.25) is 0 Å². The lowest BCUT2D eigenvalue weighted by molar-refractivity contribution is -0.136. The third kappa shape index (κ3) is 3.57. The molecule has 1 atom stereocenters. The number of aliphatic carboxylic acids is 1. The molecule has 5 heteroatoms. The van der Waals surface area contributed by atoms with Crippen molar-refractivity contribution in [2.45, 2.75) is 15.9 Å². The van der Waals surface area contributed by atoms with Gasteiger partial charge in [-0.15, -0.1) is 11.3 Å². The van der Waals surface area contributed by atoms with Gasteiger partial charge in [0, 0.05) is 12.4 Å². The number of thioether (sulfide) groups is 1. The van der Waals surface area contributed by atoms with Gasteiger partial charge in [-0.1, -0.05) is 17.8 Å². The fourth-order valence-corrected chi connectivity index (χ4v) is 3.38. The Kier molecular flexibility index (Phi) is 4.17. The molecule has 1 unspecified atom stereocenters. The van der Waals surface area contributed by atoms with Gasteiger partial charge in [0.2, 0.25) is 0 Å². The van der Waals surface area contributed by atoms with Gasteiger partial charge in [-0.3, -0.25) is 9.78 Å². The number of pyridine rings is 1. The standard InChI is InChI=1S/C12H11NO2S2/c14-12(15)10(17-11-2-1-7-16-11)8-9-3-5-13-6-4-9/h1-7,10H,8H2,(H,14,15). The molecule has 0 radical (unpaired) electrons. The van der Waals surface area contributed by atoms with Gasteiger partial charge >= 0.3 is 5.97 Å². The average Bonchev–Trinajstić information content (AvgIpc) is 2.82. The molecule has 0 aliphatic rings. The Hall–Kier alpha value is -1.33. The number of rotatable bonds is 5. The van der Waals surface area contributed by atoms with Crippen molar-refractivity contribution in [3.05, 3.63) is 47.6 Å². The van der Waals surface area contributed by atoms with E-state index in [9.17, 15) is 9.90 Å². The van der Waals surface area contributed by atoms with E-state index in [1.165, 1.54) is 11.8 Å².